The molecule has 1 unspecified atom stereocenters. The third kappa shape index (κ3) is 2.01. The molecule has 1 aromatic carbocycles. The van der Waals surface area contributed by atoms with E-state index in [9.17, 15) is 4.79 Å². The SMILES string of the molecule is C=CC(C)c1cc(C=O)c(C)c(OC)c1C. The van der Waals surface area contributed by atoms with E-state index >= 15 is 0 Å². The normalized spacial score (nSPS) is 12.0. The van der Waals surface area contributed by atoms with Gasteiger partial charge in [-0.15, -0.1) is 6.58 Å². The van der Waals surface area contributed by atoms with Crippen molar-refractivity contribution in [2.24, 2.45) is 0 Å². The fourth-order valence-corrected chi connectivity index (χ4v) is 1.96. The molecule has 0 aliphatic carbocycles. The van der Waals surface area contributed by atoms with E-state index in [2.05, 4.69) is 13.5 Å². The smallest absolute Gasteiger partial charge is 0.150 e. The quantitative estimate of drug-likeness (QED) is 0.572. The number of hydrogen-bond donors (Lipinski definition) is 0. The molecule has 0 fully saturated rings. The van der Waals surface area contributed by atoms with Crippen molar-refractivity contribution in [3.8, 4) is 5.75 Å². The molecule has 0 saturated carbocycles. The van der Waals surface area contributed by atoms with Gasteiger partial charge in [-0.25, -0.2) is 0 Å². The van der Waals surface area contributed by atoms with E-state index in [0.717, 1.165) is 28.7 Å². The predicted molar refractivity (Wildman–Crippen MR) is 66.5 cm³/mol. The predicted octanol–water partition coefficient (Wildman–Crippen LogP) is 3.41. The van der Waals surface area contributed by atoms with E-state index in [1.54, 1.807) is 7.11 Å². The Balaban J connectivity index is 3.51. The summed E-state index contributed by atoms with van der Waals surface area (Å²) in [6.45, 7) is 9.75. The Morgan fingerprint density at radius 3 is 2.44 bits per heavy atom. The van der Waals surface area contributed by atoms with Crippen molar-refractivity contribution in [3.63, 3.8) is 0 Å². The molecule has 1 aromatic rings. The highest BCUT2D eigenvalue weighted by Crippen LogP contribution is 2.32. The van der Waals surface area contributed by atoms with Crippen LogP contribution >= 0.6 is 0 Å². The second-order valence-electron chi connectivity index (χ2n) is 3.98. The lowest BCUT2D eigenvalue weighted by Gasteiger charge is -2.17. The molecule has 86 valence electrons. The van der Waals surface area contributed by atoms with Crippen LogP contribution in [0.4, 0.5) is 0 Å². The van der Waals surface area contributed by atoms with Crippen LogP contribution in [0.1, 0.15) is 39.9 Å². The monoisotopic (exact) mass is 218 g/mol. The number of methoxy groups -OCH3 is 1. The number of carbonyl (C=O) groups is 1. The molecule has 16 heavy (non-hydrogen) atoms. The Bertz CT molecular complexity index is 419. The van der Waals surface area contributed by atoms with Gasteiger partial charge in [0.05, 0.1) is 7.11 Å². The zero-order valence-electron chi connectivity index (χ0n) is 10.3. The van der Waals surface area contributed by atoms with Gasteiger partial charge in [-0.2, -0.15) is 0 Å². The minimum atomic E-state index is 0.216. The topological polar surface area (TPSA) is 26.3 Å². The Morgan fingerprint density at radius 2 is 2.00 bits per heavy atom. The summed E-state index contributed by atoms with van der Waals surface area (Å²) in [4.78, 5) is 11.0. The van der Waals surface area contributed by atoms with Crippen LogP contribution in [-0.2, 0) is 0 Å². The summed E-state index contributed by atoms with van der Waals surface area (Å²) in [5.74, 6) is 1.02. The summed E-state index contributed by atoms with van der Waals surface area (Å²) in [5.41, 5.74) is 3.76. The van der Waals surface area contributed by atoms with Crippen molar-refractivity contribution < 1.29 is 9.53 Å². The number of benzene rings is 1. The number of carbonyl (C=O) groups excluding carboxylic acids is 1. The third-order valence-electron chi connectivity index (χ3n) is 3.03. The van der Waals surface area contributed by atoms with E-state index in [1.165, 1.54) is 0 Å². The van der Waals surface area contributed by atoms with Crippen LogP contribution in [0.15, 0.2) is 18.7 Å². The Kier molecular flexibility index (Phi) is 3.88. The fraction of sp³-hybridized carbons (Fsp3) is 0.357. The van der Waals surface area contributed by atoms with E-state index in [1.807, 2.05) is 26.0 Å². The molecule has 2 heteroatoms. The number of hydrogen-bond acceptors (Lipinski definition) is 2. The largest absolute Gasteiger partial charge is 0.496 e. The maximum atomic E-state index is 11.0. The van der Waals surface area contributed by atoms with Crippen molar-refractivity contribution in [3.05, 3.63) is 41.0 Å². The Labute approximate surface area is 96.9 Å². The molecule has 0 amide bonds. The fourth-order valence-electron chi connectivity index (χ4n) is 1.96. The lowest BCUT2D eigenvalue weighted by atomic mass is 9.91. The third-order valence-corrected chi connectivity index (χ3v) is 3.03. The van der Waals surface area contributed by atoms with Gasteiger partial charge in [-0.1, -0.05) is 13.0 Å². The second-order valence-corrected chi connectivity index (χ2v) is 3.98. The first-order valence-corrected chi connectivity index (χ1v) is 5.32. The van der Waals surface area contributed by atoms with Gasteiger partial charge in [0.1, 0.15) is 12.0 Å². The molecular weight excluding hydrogens is 200 g/mol. The van der Waals surface area contributed by atoms with Gasteiger partial charge in [0.25, 0.3) is 0 Å². The Morgan fingerprint density at radius 1 is 1.38 bits per heavy atom. The lowest BCUT2D eigenvalue weighted by Crippen LogP contribution is -2.02. The van der Waals surface area contributed by atoms with Gasteiger partial charge in [-0.3, -0.25) is 4.79 Å². The molecule has 1 rings (SSSR count). The minimum absolute atomic E-state index is 0.216. The standard InChI is InChI=1S/C14H18O2/c1-6-9(2)13-7-12(8-15)10(3)14(16-5)11(13)4/h6-9H,1H2,2-5H3. The summed E-state index contributed by atoms with van der Waals surface area (Å²) in [6, 6.07) is 1.92. The molecule has 2 nitrogen and oxygen atoms in total. The van der Waals surface area contributed by atoms with E-state index in [-0.39, 0.29) is 5.92 Å². The zero-order valence-corrected chi connectivity index (χ0v) is 10.3. The summed E-state index contributed by atoms with van der Waals surface area (Å²) in [5, 5.41) is 0. The van der Waals surface area contributed by atoms with Crippen LogP contribution in [0, 0.1) is 13.8 Å². The average molecular weight is 218 g/mol. The Hall–Kier alpha value is -1.57. The molecule has 0 aliphatic heterocycles. The van der Waals surface area contributed by atoms with Crippen molar-refractivity contribution in [1.82, 2.24) is 0 Å². The van der Waals surface area contributed by atoms with Crippen LogP contribution in [0.3, 0.4) is 0 Å². The minimum Gasteiger partial charge on any atom is -0.496 e. The van der Waals surface area contributed by atoms with Gasteiger partial charge in [0.2, 0.25) is 0 Å². The van der Waals surface area contributed by atoms with Gasteiger partial charge < -0.3 is 4.74 Å². The van der Waals surface area contributed by atoms with Crippen molar-refractivity contribution in [2.45, 2.75) is 26.7 Å². The van der Waals surface area contributed by atoms with Gasteiger partial charge >= 0.3 is 0 Å². The van der Waals surface area contributed by atoms with Gasteiger partial charge in [-0.05, 0) is 37.0 Å². The summed E-state index contributed by atoms with van der Waals surface area (Å²) < 4.78 is 5.36. The highest BCUT2D eigenvalue weighted by atomic mass is 16.5. The van der Waals surface area contributed by atoms with E-state index in [4.69, 9.17) is 4.74 Å². The summed E-state index contributed by atoms with van der Waals surface area (Å²) in [7, 11) is 1.63. The second kappa shape index (κ2) is 4.97. The number of ether oxygens (including phenoxy) is 1. The van der Waals surface area contributed by atoms with Crippen LogP contribution < -0.4 is 4.74 Å². The molecule has 1 atom stereocenters. The highest BCUT2D eigenvalue weighted by molar-refractivity contribution is 5.80. The first-order chi connectivity index (χ1) is 7.56. The van der Waals surface area contributed by atoms with E-state index in [0.29, 0.717) is 5.56 Å². The average Bonchev–Trinajstić information content (AvgIpc) is 2.29. The maximum absolute atomic E-state index is 11.0. The van der Waals surface area contributed by atoms with Crippen LogP contribution in [0.2, 0.25) is 0 Å². The summed E-state index contributed by atoms with van der Waals surface area (Å²) >= 11 is 0. The molecule has 0 heterocycles. The molecule has 0 spiro atoms. The lowest BCUT2D eigenvalue weighted by molar-refractivity contribution is 0.112. The van der Waals surface area contributed by atoms with Crippen molar-refractivity contribution in [1.29, 1.82) is 0 Å². The zero-order chi connectivity index (χ0) is 12.3. The molecule has 0 aromatic heterocycles. The molecule has 0 saturated heterocycles. The van der Waals surface area contributed by atoms with Crippen molar-refractivity contribution in [2.75, 3.05) is 7.11 Å². The first-order valence-electron chi connectivity index (χ1n) is 5.32. The molecule has 0 bridgehead atoms. The summed E-state index contributed by atoms with van der Waals surface area (Å²) in [6.07, 6.45) is 2.74. The van der Waals surface area contributed by atoms with E-state index < -0.39 is 0 Å². The maximum Gasteiger partial charge on any atom is 0.150 e. The number of allylic oxidation sites excluding steroid dienone is 1. The van der Waals surface area contributed by atoms with Gasteiger partial charge in [0, 0.05) is 11.1 Å². The number of rotatable bonds is 4. The molecular formula is C14H18O2. The molecule has 0 radical (unpaired) electrons. The number of aldehydes is 1. The van der Waals surface area contributed by atoms with Gasteiger partial charge in [0.15, 0.2) is 0 Å². The van der Waals surface area contributed by atoms with Crippen LogP contribution in [-0.4, -0.2) is 13.4 Å². The van der Waals surface area contributed by atoms with Crippen LogP contribution in [0.25, 0.3) is 0 Å². The highest BCUT2D eigenvalue weighted by Gasteiger charge is 2.15. The van der Waals surface area contributed by atoms with Crippen molar-refractivity contribution >= 4 is 6.29 Å². The molecule has 0 N–H and O–H groups in total. The van der Waals surface area contributed by atoms with Crippen LogP contribution in [0.5, 0.6) is 5.75 Å². The first kappa shape index (κ1) is 12.5. The molecule has 0 aliphatic rings.